The lowest BCUT2D eigenvalue weighted by Gasteiger charge is -2.21. The molecule has 0 aromatic rings. The summed E-state index contributed by atoms with van der Waals surface area (Å²) in [5.74, 6) is -1.58. The number of ether oxygens (including phenoxy) is 3. The summed E-state index contributed by atoms with van der Waals surface area (Å²) >= 11 is 0. The first-order valence-corrected chi connectivity index (χ1v) is 40.9. The summed E-state index contributed by atoms with van der Waals surface area (Å²) in [6, 6.07) is 0. The maximum absolute atomic E-state index is 12.9. The number of carbonyl (C=O) groups is 3. The quantitative estimate of drug-likeness (QED) is 0.0146. The van der Waals surface area contributed by atoms with Crippen molar-refractivity contribution in [1.82, 2.24) is 0 Å². The summed E-state index contributed by atoms with van der Waals surface area (Å²) < 4.78 is 60.9. The Morgan fingerprint density at radius 2 is 0.558 bits per heavy atom. The van der Waals surface area contributed by atoms with Gasteiger partial charge in [-0.3, -0.25) is 32.5 Å². The molecule has 0 aliphatic rings. The van der Waals surface area contributed by atoms with Gasteiger partial charge in [0.2, 0.25) is 0 Å². The molecule has 95 heavy (non-hydrogen) atoms. The summed E-state index contributed by atoms with van der Waals surface area (Å²) in [7, 11) is -9.77. The van der Waals surface area contributed by atoms with Crippen LogP contribution in [-0.2, 0) is 55.8 Å². The van der Waals surface area contributed by atoms with E-state index in [1.807, 2.05) is 0 Å². The van der Waals surface area contributed by atoms with E-state index in [1.54, 1.807) is 0 Å². The Balaban J connectivity index is 4.32. The molecule has 0 radical (unpaired) electrons. The summed E-state index contributed by atoms with van der Waals surface area (Å²) in [5.41, 5.74) is 0. The molecule has 0 rings (SSSR count). The first-order chi connectivity index (χ1) is 46.2. The van der Waals surface area contributed by atoms with Gasteiger partial charge in [0.1, 0.15) is 25.4 Å². The number of rotatable bonds is 72. The molecule has 0 saturated heterocycles. The topological polar surface area (TPSA) is 231 Å². The van der Waals surface area contributed by atoms with E-state index in [1.165, 1.54) is 141 Å². The Bertz CT molecular complexity index is 2070. The van der Waals surface area contributed by atoms with Crippen molar-refractivity contribution in [2.45, 2.75) is 347 Å². The fourth-order valence-corrected chi connectivity index (χ4v) is 11.9. The second-order valence-corrected chi connectivity index (χ2v) is 28.3. The van der Waals surface area contributed by atoms with Gasteiger partial charge in [-0.25, -0.2) is 9.13 Å². The van der Waals surface area contributed by atoms with E-state index in [9.17, 15) is 43.5 Å². The number of aliphatic hydroxyl groups excluding tert-OH is 2. The number of unbranched alkanes of at least 4 members (excludes halogenated alkanes) is 35. The second kappa shape index (κ2) is 70.6. The normalized spacial score (nSPS) is 14.6. The van der Waals surface area contributed by atoms with Crippen molar-refractivity contribution >= 4 is 33.6 Å². The molecule has 0 bridgehead atoms. The number of allylic oxidation sites excluding steroid dienone is 14. The highest BCUT2D eigenvalue weighted by atomic mass is 31.2. The van der Waals surface area contributed by atoms with Crippen molar-refractivity contribution in [2.75, 3.05) is 39.6 Å². The standard InChI is InChI=1S/C77H138O16P2/c1-4-7-10-13-16-19-22-25-26-27-28-29-30-31-32-33-34-35-36-37-38-39-40-41-42-43-44-47-49-51-54-57-60-63-75(80)87-66-72(78)67-89-94(83,84)90-68-73(79)69-91-95(85,86)92-71-74(93-77(82)65-62-59-56-53-50-46-24-21-18-15-12-9-6-3)70-88-76(81)64-61-58-55-52-48-45-23-20-17-14-11-8-5-2/h7,10,16,19-21,23-26,28-29,31-32,72-74,78-79H,4-6,8-9,11-15,17-18,22,27,30,33-71H2,1-3H3,(H,83,84)(H,85,86)/b10-7-,19-16-,23-20-,24-21-,26-25-,29-28-,32-31-. The molecule has 0 saturated carbocycles. The van der Waals surface area contributed by atoms with Crippen LogP contribution in [0, 0.1) is 0 Å². The Kier molecular flexibility index (Phi) is 68.2. The Labute approximate surface area is 578 Å². The molecule has 5 unspecified atom stereocenters. The van der Waals surface area contributed by atoms with Crippen molar-refractivity contribution in [2.24, 2.45) is 0 Å². The van der Waals surface area contributed by atoms with Crippen molar-refractivity contribution < 1.29 is 75.8 Å². The summed E-state index contributed by atoms with van der Waals surface area (Å²) in [6.45, 7) is 2.54. The first-order valence-electron chi connectivity index (χ1n) is 37.9. The molecule has 552 valence electrons. The molecule has 18 heteroatoms. The van der Waals surface area contributed by atoms with Gasteiger partial charge in [0.15, 0.2) is 6.10 Å². The van der Waals surface area contributed by atoms with Crippen molar-refractivity contribution in [3.8, 4) is 0 Å². The number of hydrogen-bond acceptors (Lipinski definition) is 14. The predicted octanol–water partition coefficient (Wildman–Crippen LogP) is 21.7. The molecule has 0 amide bonds. The van der Waals surface area contributed by atoms with Crippen molar-refractivity contribution in [1.29, 1.82) is 0 Å². The minimum absolute atomic E-state index is 0.0957. The Hall–Kier alpha value is -3.27. The van der Waals surface area contributed by atoms with Crippen LogP contribution in [0.1, 0.15) is 329 Å². The van der Waals surface area contributed by atoms with E-state index in [-0.39, 0.29) is 19.3 Å². The van der Waals surface area contributed by atoms with Crippen LogP contribution >= 0.6 is 15.6 Å². The summed E-state index contributed by atoms with van der Waals surface area (Å²) in [6.07, 6.45) is 78.1. The first kappa shape index (κ1) is 91.7. The third kappa shape index (κ3) is 71.8. The number of esters is 3. The summed E-state index contributed by atoms with van der Waals surface area (Å²) in [4.78, 5) is 58.4. The molecule has 0 fully saturated rings. The van der Waals surface area contributed by atoms with Crippen molar-refractivity contribution in [3.05, 3.63) is 85.1 Å². The SMILES string of the molecule is CC/C=C\C/C=C\C/C=C\C/C=C\C/C=C\CCCCCCCCCCCCCCCCCCCC(=O)OCC(O)COP(=O)(O)OCC(O)COP(=O)(O)OCC(COC(=O)CCCCCCC/C=C\CCCCCC)OC(=O)CCCCCCC/C=C\CCCCCC. The van der Waals surface area contributed by atoms with Gasteiger partial charge in [-0.15, -0.1) is 0 Å². The fraction of sp³-hybridized carbons (Fsp3) is 0.779. The molecular formula is C77H138O16P2. The molecule has 0 aliphatic carbocycles. The van der Waals surface area contributed by atoms with E-state index in [2.05, 4.69) is 106 Å². The van der Waals surface area contributed by atoms with Gasteiger partial charge < -0.3 is 34.2 Å². The lowest BCUT2D eigenvalue weighted by molar-refractivity contribution is -0.161. The molecule has 0 aromatic carbocycles. The highest BCUT2D eigenvalue weighted by Gasteiger charge is 2.29. The Morgan fingerprint density at radius 1 is 0.305 bits per heavy atom. The van der Waals surface area contributed by atoms with Crippen LogP contribution in [0.5, 0.6) is 0 Å². The van der Waals surface area contributed by atoms with Gasteiger partial charge in [-0.2, -0.15) is 0 Å². The lowest BCUT2D eigenvalue weighted by atomic mass is 10.0. The van der Waals surface area contributed by atoms with E-state index >= 15 is 0 Å². The van der Waals surface area contributed by atoms with Gasteiger partial charge in [0.05, 0.1) is 26.4 Å². The molecular weight excluding hydrogens is 1240 g/mol. The lowest BCUT2D eigenvalue weighted by Crippen LogP contribution is -2.30. The Morgan fingerprint density at radius 3 is 0.895 bits per heavy atom. The van der Waals surface area contributed by atoms with Gasteiger partial charge in [0.25, 0.3) is 0 Å². The van der Waals surface area contributed by atoms with Gasteiger partial charge in [0, 0.05) is 19.3 Å². The largest absolute Gasteiger partial charge is 0.472 e. The highest BCUT2D eigenvalue weighted by molar-refractivity contribution is 7.47. The number of phosphoric acid groups is 2. The van der Waals surface area contributed by atoms with Crippen LogP contribution in [0.4, 0.5) is 0 Å². The molecule has 0 aliphatic heterocycles. The van der Waals surface area contributed by atoms with Crippen LogP contribution in [0.3, 0.4) is 0 Å². The van der Waals surface area contributed by atoms with E-state index < -0.39 is 91.5 Å². The molecule has 5 atom stereocenters. The highest BCUT2D eigenvalue weighted by Crippen LogP contribution is 2.45. The number of aliphatic hydroxyl groups is 2. The zero-order valence-electron chi connectivity index (χ0n) is 60.1. The molecule has 16 nitrogen and oxygen atoms in total. The number of phosphoric ester groups is 2. The average molecular weight is 1380 g/mol. The van der Waals surface area contributed by atoms with Crippen LogP contribution in [-0.4, -0.2) is 95.9 Å². The summed E-state index contributed by atoms with van der Waals surface area (Å²) in [5, 5.41) is 20.6. The maximum Gasteiger partial charge on any atom is 0.472 e. The molecule has 4 N–H and O–H groups in total. The van der Waals surface area contributed by atoms with E-state index in [0.29, 0.717) is 19.3 Å². The third-order valence-electron chi connectivity index (χ3n) is 16.1. The third-order valence-corrected chi connectivity index (χ3v) is 18.0. The van der Waals surface area contributed by atoms with Gasteiger partial charge >= 0.3 is 33.6 Å². The molecule has 0 heterocycles. The smallest absolute Gasteiger partial charge is 0.463 e. The zero-order chi connectivity index (χ0) is 69.5. The molecule has 0 aromatic heterocycles. The minimum atomic E-state index is -4.92. The average Bonchev–Trinajstić information content (AvgIpc) is 2.18. The van der Waals surface area contributed by atoms with Gasteiger partial charge in [-0.05, 0) is 116 Å². The van der Waals surface area contributed by atoms with E-state index in [0.717, 1.165) is 128 Å². The van der Waals surface area contributed by atoms with Crippen LogP contribution in [0.15, 0.2) is 85.1 Å². The molecule has 0 spiro atoms. The monoisotopic (exact) mass is 1380 g/mol. The second-order valence-electron chi connectivity index (χ2n) is 25.4. The number of hydrogen-bond donors (Lipinski definition) is 4. The van der Waals surface area contributed by atoms with Crippen LogP contribution in [0.25, 0.3) is 0 Å². The van der Waals surface area contributed by atoms with Crippen LogP contribution < -0.4 is 0 Å². The fourth-order valence-electron chi connectivity index (χ4n) is 10.3. The number of carbonyl (C=O) groups excluding carboxylic acids is 3. The maximum atomic E-state index is 12.9. The zero-order valence-corrected chi connectivity index (χ0v) is 61.9. The van der Waals surface area contributed by atoms with Crippen molar-refractivity contribution in [3.63, 3.8) is 0 Å². The predicted molar refractivity (Wildman–Crippen MR) is 390 cm³/mol. The minimum Gasteiger partial charge on any atom is -0.463 e. The van der Waals surface area contributed by atoms with Gasteiger partial charge in [-0.1, -0.05) is 279 Å². The van der Waals surface area contributed by atoms with Crippen LogP contribution in [0.2, 0.25) is 0 Å². The van der Waals surface area contributed by atoms with E-state index in [4.69, 9.17) is 32.3 Å².